The van der Waals surface area contributed by atoms with Gasteiger partial charge in [0.25, 0.3) is 0 Å². The van der Waals surface area contributed by atoms with E-state index in [4.69, 9.17) is 14.6 Å². The molecule has 198 valence electrons. The topological polar surface area (TPSA) is 125 Å². The smallest absolute Gasteiger partial charge is 0.406 e. The summed E-state index contributed by atoms with van der Waals surface area (Å²) in [6, 6.07) is 1.33. The lowest BCUT2D eigenvalue weighted by Crippen LogP contribution is -2.57. The van der Waals surface area contributed by atoms with Gasteiger partial charge in [0, 0.05) is 29.7 Å². The van der Waals surface area contributed by atoms with Crippen LogP contribution in [0.25, 0.3) is 0 Å². The normalized spacial score (nSPS) is 22.6. The highest BCUT2D eigenvalue weighted by atomic mass is 19.4. The Kier molecular flexibility index (Phi) is 8.62. The van der Waals surface area contributed by atoms with E-state index in [1.807, 2.05) is 0 Å². The van der Waals surface area contributed by atoms with Gasteiger partial charge >= 0.3 is 6.18 Å². The third kappa shape index (κ3) is 5.65. The maximum absolute atomic E-state index is 13.5. The van der Waals surface area contributed by atoms with E-state index in [0.717, 1.165) is 6.08 Å². The van der Waals surface area contributed by atoms with E-state index in [-0.39, 0.29) is 42.2 Å². The van der Waals surface area contributed by atoms with Gasteiger partial charge in [0.05, 0.1) is 25.7 Å². The third-order valence-electron chi connectivity index (χ3n) is 6.18. The zero-order chi connectivity index (χ0) is 26.6. The number of halogens is 3. The monoisotopic (exact) mass is 514 g/mol. The van der Waals surface area contributed by atoms with Crippen LogP contribution in [0.2, 0.25) is 0 Å². The molecule has 3 rings (SSSR count). The van der Waals surface area contributed by atoms with Crippen LogP contribution < -0.4 is 14.8 Å². The summed E-state index contributed by atoms with van der Waals surface area (Å²) in [4.78, 5) is 37.9. The predicted octanol–water partition coefficient (Wildman–Crippen LogP) is 1.71. The molecule has 2 aliphatic rings. The molecule has 12 heteroatoms. The van der Waals surface area contributed by atoms with Crippen molar-refractivity contribution in [2.45, 2.75) is 56.5 Å². The average molecular weight is 514 g/mol. The van der Waals surface area contributed by atoms with Crippen LogP contribution in [0.3, 0.4) is 0 Å². The molecule has 0 saturated heterocycles. The zero-order valence-electron chi connectivity index (χ0n) is 19.9. The molecule has 1 aliphatic heterocycles. The summed E-state index contributed by atoms with van der Waals surface area (Å²) in [6.07, 6.45) is -5.16. The summed E-state index contributed by atoms with van der Waals surface area (Å²) in [5.74, 6) is -2.21. The number of hydrogen-bond acceptors (Lipinski definition) is 7. The number of unbranched alkanes of at least 4 members (excludes halogenated alkanes) is 1. The van der Waals surface area contributed by atoms with Crippen LogP contribution in [0.4, 0.5) is 13.2 Å². The van der Waals surface area contributed by atoms with Crippen molar-refractivity contribution in [3.63, 3.8) is 0 Å². The summed E-state index contributed by atoms with van der Waals surface area (Å²) in [6.45, 7) is -0.350. The first-order valence-corrected chi connectivity index (χ1v) is 11.5. The molecule has 4 atom stereocenters. The average Bonchev–Trinajstić information content (AvgIpc) is 3.23. The van der Waals surface area contributed by atoms with Crippen LogP contribution >= 0.6 is 0 Å². The van der Waals surface area contributed by atoms with Gasteiger partial charge < -0.3 is 29.9 Å². The second kappa shape index (κ2) is 11.3. The van der Waals surface area contributed by atoms with Gasteiger partial charge in [-0.15, -0.1) is 0 Å². The van der Waals surface area contributed by atoms with Crippen LogP contribution in [0.1, 0.15) is 48.0 Å². The highest BCUT2D eigenvalue weighted by Gasteiger charge is 2.52. The minimum absolute atomic E-state index is 0.0527. The molecule has 1 aliphatic carbocycles. The molecule has 0 bridgehead atoms. The number of alkyl halides is 3. The van der Waals surface area contributed by atoms with E-state index < -0.39 is 48.7 Å². The van der Waals surface area contributed by atoms with Crippen molar-refractivity contribution < 1.29 is 47.2 Å². The van der Waals surface area contributed by atoms with E-state index in [2.05, 4.69) is 5.32 Å². The van der Waals surface area contributed by atoms with E-state index in [1.54, 1.807) is 6.92 Å². The van der Waals surface area contributed by atoms with Crippen molar-refractivity contribution in [3.8, 4) is 11.5 Å². The Bertz CT molecular complexity index is 1030. The van der Waals surface area contributed by atoms with E-state index in [9.17, 15) is 32.7 Å². The van der Waals surface area contributed by atoms with Gasteiger partial charge in [-0.3, -0.25) is 14.4 Å². The number of nitrogens with zero attached hydrogens (tertiary/aromatic N) is 1. The molecule has 0 aromatic heterocycles. The van der Waals surface area contributed by atoms with Crippen molar-refractivity contribution in [1.29, 1.82) is 0 Å². The summed E-state index contributed by atoms with van der Waals surface area (Å²) < 4.78 is 51.6. The second-order valence-corrected chi connectivity index (χ2v) is 8.64. The third-order valence-corrected chi connectivity index (χ3v) is 6.18. The Morgan fingerprint density at radius 2 is 2.03 bits per heavy atom. The minimum Gasteiger partial charge on any atom is -0.493 e. The van der Waals surface area contributed by atoms with E-state index >= 15 is 0 Å². The van der Waals surface area contributed by atoms with Gasteiger partial charge in [0.2, 0.25) is 11.8 Å². The molecule has 0 radical (unpaired) electrons. The molecule has 9 nitrogen and oxygen atoms in total. The minimum atomic E-state index is -4.76. The molecule has 0 spiro atoms. The van der Waals surface area contributed by atoms with E-state index in [1.165, 1.54) is 19.2 Å². The van der Waals surface area contributed by atoms with Gasteiger partial charge in [0.15, 0.2) is 11.5 Å². The van der Waals surface area contributed by atoms with Crippen LogP contribution in [-0.2, 0) is 9.59 Å². The first kappa shape index (κ1) is 27.5. The number of ether oxygens (including phenoxy) is 2. The number of fused-ring (bicyclic) bond motifs is 3. The number of methoxy groups -OCH3 is 1. The summed E-state index contributed by atoms with van der Waals surface area (Å²) in [5, 5.41) is 22.8. The van der Waals surface area contributed by atoms with Gasteiger partial charge in [0.1, 0.15) is 25.0 Å². The fraction of sp³-hybridized carbons (Fsp3) is 0.542. The zero-order valence-corrected chi connectivity index (χ0v) is 19.9. The highest BCUT2D eigenvalue weighted by molar-refractivity contribution is 5.96. The number of aliphatic hydroxyl groups excluding tert-OH is 2. The molecule has 2 amide bonds. The van der Waals surface area contributed by atoms with Crippen LogP contribution in [0.5, 0.6) is 11.5 Å². The van der Waals surface area contributed by atoms with Gasteiger partial charge in [-0.2, -0.15) is 13.2 Å². The molecule has 0 saturated carbocycles. The van der Waals surface area contributed by atoms with Crippen molar-refractivity contribution in [1.82, 2.24) is 10.2 Å². The summed E-state index contributed by atoms with van der Waals surface area (Å²) in [5.41, 5.74) is 0.488. The molecule has 0 fully saturated rings. The molecule has 4 unspecified atom stereocenters. The number of carbonyl (C=O) groups excluding carboxylic acids is 3. The van der Waals surface area contributed by atoms with Crippen LogP contribution in [0.15, 0.2) is 23.8 Å². The van der Waals surface area contributed by atoms with Gasteiger partial charge in [-0.25, -0.2) is 0 Å². The first-order chi connectivity index (χ1) is 17.1. The number of hydrogen-bond donors (Lipinski definition) is 3. The Labute approximate surface area is 205 Å². The molecular formula is C24H29F3N2O7. The van der Waals surface area contributed by atoms with Gasteiger partial charge in [-0.05, 0) is 24.6 Å². The number of nitrogens with one attached hydrogen (secondary N) is 1. The van der Waals surface area contributed by atoms with Crippen LogP contribution in [0, 0.1) is 0 Å². The first-order valence-electron chi connectivity index (χ1n) is 11.5. The largest absolute Gasteiger partial charge is 0.493 e. The maximum atomic E-state index is 13.5. The SMILES string of the molecule is CCCCC(=O)N(CC(F)(F)F)C1C=C(C(=O)NCCO)C2c3cc(C=O)cc(OC)c3OC2C1O. The number of carbonyl (C=O) groups is 3. The van der Waals surface area contributed by atoms with Crippen molar-refractivity contribution in [2.75, 3.05) is 26.8 Å². The Hall–Kier alpha value is -3.12. The van der Waals surface area contributed by atoms with Crippen molar-refractivity contribution in [2.24, 2.45) is 0 Å². The molecular weight excluding hydrogens is 485 g/mol. The fourth-order valence-electron chi connectivity index (χ4n) is 4.58. The fourth-order valence-corrected chi connectivity index (χ4v) is 4.58. The molecule has 1 heterocycles. The second-order valence-electron chi connectivity index (χ2n) is 8.64. The van der Waals surface area contributed by atoms with Crippen LogP contribution in [-0.4, -0.2) is 84.4 Å². The molecule has 1 aromatic carbocycles. The number of aliphatic hydroxyl groups is 2. The molecule has 3 N–H and O–H groups in total. The molecule has 36 heavy (non-hydrogen) atoms. The quantitative estimate of drug-likeness (QED) is 0.406. The van der Waals surface area contributed by atoms with Crippen molar-refractivity contribution in [3.05, 3.63) is 34.9 Å². The van der Waals surface area contributed by atoms with E-state index in [0.29, 0.717) is 29.6 Å². The van der Waals surface area contributed by atoms with Crippen molar-refractivity contribution >= 4 is 18.1 Å². The van der Waals surface area contributed by atoms with Gasteiger partial charge in [-0.1, -0.05) is 13.3 Å². The Morgan fingerprint density at radius 1 is 1.31 bits per heavy atom. The summed E-state index contributed by atoms with van der Waals surface area (Å²) in [7, 11) is 1.33. The highest BCUT2D eigenvalue weighted by Crippen LogP contribution is 2.51. The maximum Gasteiger partial charge on any atom is 0.406 e. The predicted molar refractivity (Wildman–Crippen MR) is 121 cm³/mol. The lowest BCUT2D eigenvalue weighted by Gasteiger charge is -2.41. The Balaban J connectivity index is 2.13. The number of benzene rings is 1. The number of rotatable bonds is 10. The lowest BCUT2D eigenvalue weighted by atomic mass is 9.77. The number of amides is 2. The lowest BCUT2D eigenvalue weighted by molar-refractivity contribution is -0.170. The standard InChI is InChI=1S/C24H29F3N2O7/c1-3-4-5-18(32)29(12-24(25,26)27)16-10-15(23(34)28-6-7-30)19-14-8-13(11-31)9-17(35-2)21(14)36-22(19)20(16)33/h8-11,16,19-20,22,30,33H,3-7,12H2,1-2H3,(H,28,34). The summed E-state index contributed by atoms with van der Waals surface area (Å²) >= 11 is 0. The Morgan fingerprint density at radius 3 is 2.61 bits per heavy atom. The number of aldehydes is 1. The molecule has 1 aromatic rings.